The molecule has 0 amide bonds. The minimum Gasteiger partial charge on any atom is -0.213 e. The fourth-order valence-electron chi connectivity index (χ4n) is 2.88. The summed E-state index contributed by atoms with van der Waals surface area (Å²) in [6, 6.07) is 27.7. The molecule has 0 atom stereocenters. The van der Waals surface area contributed by atoms with Gasteiger partial charge in [0.15, 0.2) is 11.6 Å². The van der Waals surface area contributed by atoms with Crippen molar-refractivity contribution in [3.8, 4) is 40.0 Å². The standard InChI is InChI=1S/C23H16N4/c1-16-25-22(20-5-3-2-4-6-20)27-23(26-16)21-13-11-19(12-14-21)18-9-7-17(15-24)8-10-18/h2-14H,1H3. The Hall–Kier alpha value is -3.84. The monoisotopic (exact) mass is 348 g/mol. The molecule has 4 aromatic rings. The molecular weight excluding hydrogens is 332 g/mol. The average Bonchev–Trinajstić information content (AvgIpc) is 2.74. The van der Waals surface area contributed by atoms with Crippen molar-refractivity contribution in [3.63, 3.8) is 0 Å². The van der Waals surface area contributed by atoms with E-state index < -0.39 is 0 Å². The first kappa shape index (κ1) is 16.6. The zero-order valence-corrected chi connectivity index (χ0v) is 14.8. The highest BCUT2D eigenvalue weighted by Gasteiger charge is 2.08. The molecule has 0 saturated heterocycles. The summed E-state index contributed by atoms with van der Waals surface area (Å²) >= 11 is 0. The zero-order chi connectivity index (χ0) is 18.6. The van der Waals surface area contributed by atoms with Crippen molar-refractivity contribution in [3.05, 3.63) is 90.3 Å². The van der Waals surface area contributed by atoms with E-state index in [1.165, 1.54) is 0 Å². The second-order valence-electron chi connectivity index (χ2n) is 6.16. The summed E-state index contributed by atoms with van der Waals surface area (Å²) in [6.07, 6.45) is 0. The highest BCUT2D eigenvalue weighted by atomic mass is 15.0. The number of hydrogen-bond acceptors (Lipinski definition) is 4. The molecule has 1 aromatic heterocycles. The Morgan fingerprint density at radius 3 is 1.63 bits per heavy atom. The van der Waals surface area contributed by atoms with Crippen molar-refractivity contribution in [2.45, 2.75) is 6.92 Å². The topological polar surface area (TPSA) is 62.5 Å². The normalized spacial score (nSPS) is 10.4. The van der Waals surface area contributed by atoms with Gasteiger partial charge in [-0.3, -0.25) is 0 Å². The molecular formula is C23H16N4. The van der Waals surface area contributed by atoms with Gasteiger partial charge in [-0.1, -0.05) is 66.7 Å². The third kappa shape index (κ3) is 3.58. The first-order valence-electron chi connectivity index (χ1n) is 8.62. The van der Waals surface area contributed by atoms with E-state index in [4.69, 9.17) is 5.26 Å². The van der Waals surface area contributed by atoms with Crippen LogP contribution in [0.25, 0.3) is 33.9 Å². The molecule has 4 rings (SSSR count). The van der Waals surface area contributed by atoms with E-state index in [-0.39, 0.29) is 0 Å². The van der Waals surface area contributed by atoms with Gasteiger partial charge in [0.1, 0.15) is 5.82 Å². The fraction of sp³-hybridized carbons (Fsp3) is 0.0435. The predicted octanol–water partition coefficient (Wildman–Crippen LogP) is 5.05. The average molecular weight is 348 g/mol. The van der Waals surface area contributed by atoms with E-state index in [2.05, 4.69) is 21.0 Å². The molecule has 128 valence electrons. The van der Waals surface area contributed by atoms with Crippen LogP contribution in [0.4, 0.5) is 0 Å². The number of hydrogen-bond donors (Lipinski definition) is 0. The van der Waals surface area contributed by atoms with Gasteiger partial charge in [0, 0.05) is 11.1 Å². The van der Waals surface area contributed by atoms with E-state index in [0.717, 1.165) is 22.3 Å². The molecule has 0 saturated carbocycles. The van der Waals surface area contributed by atoms with Crippen molar-refractivity contribution in [1.29, 1.82) is 5.26 Å². The van der Waals surface area contributed by atoms with E-state index in [1.807, 2.05) is 85.8 Å². The van der Waals surface area contributed by atoms with Crippen molar-refractivity contribution in [1.82, 2.24) is 15.0 Å². The van der Waals surface area contributed by atoms with Crippen molar-refractivity contribution >= 4 is 0 Å². The number of nitriles is 1. The van der Waals surface area contributed by atoms with Crippen molar-refractivity contribution in [2.24, 2.45) is 0 Å². The van der Waals surface area contributed by atoms with E-state index in [1.54, 1.807) is 0 Å². The van der Waals surface area contributed by atoms with Crippen LogP contribution in [0.1, 0.15) is 11.4 Å². The van der Waals surface area contributed by atoms with Gasteiger partial charge >= 0.3 is 0 Å². The minimum atomic E-state index is 0.657. The summed E-state index contributed by atoms with van der Waals surface area (Å²) in [5.74, 6) is 2.03. The number of rotatable bonds is 3. The molecule has 0 spiro atoms. The Labute approximate surface area is 157 Å². The molecule has 4 heteroatoms. The van der Waals surface area contributed by atoms with Crippen LogP contribution in [-0.2, 0) is 0 Å². The maximum Gasteiger partial charge on any atom is 0.163 e. The largest absolute Gasteiger partial charge is 0.213 e. The Morgan fingerprint density at radius 2 is 1.07 bits per heavy atom. The summed E-state index contributed by atoms with van der Waals surface area (Å²) in [7, 11) is 0. The quantitative estimate of drug-likeness (QED) is 0.519. The first-order valence-corrected chi connectivity index (χ1v) is 8.62. The Balaban J connectivity index is 1.68. The molecule has 0 aliphatic heterocycles. The van der Waals surface area contributed by atoms with Gasteiger partial charge in [0.2, 0.25) is 0 Å². The molecule has 0 fully saturated rings. The third-order valence-corrected chi connectivity index (χ3v) is 4.27. The SMILES string of the molecule is Cc1nc(-c2ccccc2)nc(-c2ccc(-c3ccc(C#N)cc3)cc2)n1. The highest BCUT2D eigenvalue weighted by molar-refractivity contribution is 5.69. The molecule has 3 aromatic carbocycles. The van der Waals surface area contributed by atoms with Gasteiger partial charge in [-0.05, 0) is 30.2 Å². The molecule has 1 heterocycles. The van der Waals surface area contributed by atoms with Gasteiger partial charge in [-0.2, -0.15) is 5.26 Å². The lowest BCUT2D eigenvalue weighted by atomic mass is 10.0. The van der Waals surface area contributed by atoms with Gasteiger partial charge in [-0.15, -0.1) is 0 Å². The summed E-state index contributed by atoms with van der Waals surface area (Å²) in [5, 5.41) is 8.92. The van der Waals surface area contributed by atoms with E-state index >= 15 is 0 Å². The van der Waals surface area contributed by atoms with Crippen LogP contribution in [0.15, 0.2) is 78.9 Å². The van der Waals surface area contributed by atoms with Crippen LogP contribution >= 0.6 is 0 Å². The fourth-order valence-corrected chi connectivity index (χ4v) is 2.88. The van der Waals surface area contributed by atoms with E-state index in [0.29, 0.717) is 23.0 Å². The molecule has 4 nitrogen and oxygen atoms in total. The Bertz CT molecular complexity index is 1110. The molecule has 0 aliphatic carbocycles. The molecule has 0 aliphatic rings. The molecule has 0 radical (unpaired) electrons. The van der Waals surface area contributed by atoms with E-state index in [9.17, 15) is 0 Å². The van der Waals surface area contributed by atoms with Crippen LogP contribution in [0.5, 0.6) is 0 Å². The third-order valence-electron chi connectivity index (χ3n) is 4.27. The minimum absolute atomic E-state index is 0.657. The van der Waals surface area contributed by atoms with Crippen LogP contribution in [0.2, 0.25) is 0 Å². The predicted molar refractivity (Wildman–Crippen MR) is 106 cm³/mol. The van der Waals surface area contributed by atoms with Gasteiger partial charge < -0.3 is 0 Å². The van der Waals surface area contributed by atoms with Crippen molar-refractivity contribution < 1.29 is 0 Å². The summed E-state index contributed by atoms with van der Waals surface area (Å²) in [6.45, 7) is 1.88. The summed E-state index contributed by atoms with van der Waals surface area (Å²) in [4.78, 5) is 13.6. The number of aryl methyl sites for hydroxylation is 1. The van der Waals surface area contributed by atoms with Crippen molar-refractivity contribution in [2.75, 3.05) is 0 Å². The lowest BCUT2D eigenvalue weighted by molar-refractivity contribution is 0.992. The van der Waals surface area contributed by atoms with Crippen LogP contribution in [0.3, 0.4) is 0 Å². The Kier molecular flexibility index (Phi) is 4.42. The number of aromatic nitrogens is 3. The lowest BCUT2D eigenvalue weighted by Crippen LogP contribution is -1.99. The smallest absolute Gasteiger partial charge is 0.163 e. The second kappa shape index (κ2) is 7.19. The highest BCUT2D eigenvalue weighted by Crippen LogP contribution is 2.24. The summed E-state index contributed by atoms with van der Waals surface area (Å²) in [5.41, 5.74) is 4.72. The van der Waals surface area contributed by atoms with Crippen LogP contribution in [0, 0.1) is 18.3 Å². The van der Waals surface area contributed by atoms with Gasteiger partial charge in [0.05, 0.1) is 11.6 Å². The number of benzene rings is 3. The maximum absolute atomic E-state index is 8.92. The van der Waals surface area contributed by atoms with Crippen LogP contribution in [-0.4, -0.2) is 15.0 Å². The Morgan fingerprint density at radius 1 is 0.593 bits per heavy atom. The number of nitrogens with zero attached hydrogens (tertiary/aromatic N) is 4. The van der Waals surface area contributed by atoms with Gasteiger partial charge in [0.25, 0.3) is 0 Å². The lowest BCUT2D eigenvalue weighted by Gasteiger charge is -2.07. The maximum atomic E-state index is 8.92. The molecule has 27 heavy (non-hydrogen) atoms. The molecule has 0 unspecified atom stereocenters. The van der Waals surface area contributed by atoms with Crippen LogP contribution < -0.4 is 0 Å². The van der Waals surface area contributed by atoms with Gasteiger partial charge in [-0.25, -0.2) is 15.0 Å². The molecule has 0 bridgehead atoms. The zero-order valence-electron chi connectivity index (χ0n) is 14.8. The second-order valence-corrected chi connectivity index (χ2v) is 6.16. The summed E-state index contributed by atoms with van der Waals surface area (Å²) < 4.78 is 0. The first-order chi connectivity index (χ1) is 13.2. The molecule has 0 N–H and O–H groups in total.